The largest absolute Gasteiger partial charge is 0.469 e. The second-order valence-electron chi connectivity index (χ2n) is 4.79. The summed E-state index contributed by atoms with van der Waals surface area (Å²) in [5.41, 5.74) is 9.68. The molecule has 0 radical (unpaired) electrons. The second-order valence-corrected chi connectivity index (χ2v) is 4.79. The van der Waals surface area contributed by atoms with Crippen LogP contribution in [-0.4, -0.2) is 0 Å². The first-order valence-corrected chi connectivity index (χ1v) is 5.98. The lowest BCUT2D eigenvalue weighted by Gasteiger charge is -2.11. The quantitative estimate of drug-likeness (QED) is 0.870. The molecule has 0 aliphatic carbocycles. The lowest BCUT2D eigenvalue weighted by Crippen LogP contribution is -2.10. The smallest absolute Gasteiger partial charge is 0.101 e. The van der Waals surface area contributed by atoms with Crippen molar-refractivity contribution < 1.29 is 4.42 Å². The maximum Gasteiger partial charge on any atom is 0.101 e. The SMILES string of the molecule is Cc1cc(C(N)c2ccc(C(C)C)cc2)co1. The van der Waals surface area contributed by atoms with Crippen LogP contribution >= 0.6 is 0 Å². The summed E-state index contributed by atoms with van der Waals surface area (Å²) in [4.78, 5) is 0. The van der Waals surface area contributed by atoms with Crippen LogP contribution in [0.15, 0.2) is 41.0 Å². The molecule has 0 saturated carbocycles. The number of benzene rings is 1. The van der Waals surface area contributed by atoms with E-state index in [-0.39, 0.29) is 6.04 Å². The van der Waals surface area contributed by atoms with Gasteiger partial charge >= 0.3 is 0 Å². The Bertz CT molecular complexity index is 482. The summed E-state index contributed by atoms with van der Waals surface area (Å²) in [6.07, 6.45) is 1.73. The van der Waals surface area contributed by atoms with Crippen molar-refractivity contribution in [1.82, 2.24) is 0 Å². The van der Waals surface area contributed by atoms with Crippen molar-refractivity contribution in [3.05, 3.63) is 59.0 Å². The molecule has 2 rings (SSSR count). The number of furan rings is 1. The van der Waals surface area contributed by atoms with Gasteiger partial charge in [0.25, 0.3) is 0 Å². The van der Waals surface area contributed by atoms with Crippen LogP contribution < -0.4 is 5.73 Å². The van der Waals surface area contributed by atoms with Crippen LogP contribution in [-0.2, 0) is 0 Å². The van der Waals surface area contributed by atoms with Gasteiger partial charge in [-0.15, -0.1) is 0 Å². The molecule has 0 spiro atoms. The van der Waals surface area contributed by atoms with Gasteiger partial charge in [-0.1, -0.05) is 38.1 Å². The third kappa shape index (κ3) is 2.59. The van der Waals surface area contributed by atoms with Crippen molar-refractivity contribution in [3.63, 3.8) is 0 Å². The number of nitrogens with two attached hydrogens (primary N) is 1. The van der Waals surface area contributed by atoms with Crippen LogP contribution in [0.5, 0.6) is 0 Å². The molecule has 2 aromatic rings. The Kier molecular flexibility index (Phi) is 3.34. The summed E-state index contributed by atoms with van der Waals surface area (Å²) >= 11 is 0. The van der Waals surface area contributed by atoms with Gasteiger partial charge in [0.1, 0.15) is 5.76 Å². The van der Waals surface area contributed by atoms with Crippen molar-refractivity contribution in [2.24, 2.45) is 5.73 Å². The Balaban J connectivity index is 2.22. The fourth-order valence-corrected chi connectivity index (χ4v) is 1.91. The molecule has 1 unspecified atom stereocenters. The van der Waals surface area contributed by atoms with Crippen molar-refractivity contribution in [2.75, 3.05) is 0 Å². The first kappa shape index (κ1) is 11.9. The molecule has 0 aliphatic heterocycles. The van der Waals surface area contributed by atoms with E-state index in [1.54, 1.807) is 6.26 Å². The molecular formula is C15H19NO. The van der Waals surface area contributed by atoms with Gasteiger partial charge < -0.3 is 10.2 Å². The average Bonchev–Trinajstić information content (AvgIpc) is 2.75. The van der Waals surface area contributed by atoms with Crippen molar-refractivity contribution in [2.45, 2.75) is 32.7 Å². The zero-order valence-corrected chi connectivity index (χ0v) is 10.6. The predicted octanol–water partition coefficient (Wildman–Crippen LogP) is 3.76. The van der Waals surface area contributed by atoms with Gasteiger partial charge in [-0.05, 0) is 30.0 Å². The fraction of sp³-hybridized carbons (Fsp3) is 0.333. The minimum atomic E-state index is -0.103. The van der Waals surface area contributed by atoms with Gasteiger partial charge in [-0.3, -0.25) is 0 Å². The lowest BCUT2D eigenvalue weighted by molar-refractivity contribution is 0.530. The molecule has 0 bridgehead atoms. The van der Waals surface area contributed by atoms with Crippen LogP contribution in [0, 0.1) is 6.92 Å². The summed E-state index contributed by atoms with van der Waals surface area (Å²) in [6.45, 7) is 6.31. The highest BCUT2D eigenvalue weighted by molar-refractivity contribution is 5.33. The summed E-state index contributed by atoms with van der Waals surface area (Å²) < 4.78 is 5.29. The zero-order chi connectivity index (χ0) is 12.4. The number of hydrogen-bond donors (Lipinski definition) is 1. The van der Waals surface area contributed by atoms with Gasteiger partial charge in [0, 0.05) is 5.56 Å². The Morgan fingerprint density at radius 1 is 1.00 bits per heavy atom. The third-order valence-corrected chi connectivity index (χ3v) is 3.07. The van der Waals surface area contributed by atoms with E-state index in [0.29, 0.717) is 5.92 Å². The Morgan fingerprint density at radius 3 is 2.06 bits per heavy atom. The van der Waals surface area contributed by atoms with Crippen LogP contribution in [0.25, 0.3) is 0 Å². The van der Waals surface area contributed by atoms with Gasteiger partial charge in [0.05, 0.1) is 12.3 Å². The molecule has 0 aliphatic rings. The van der Waals surface area contributed by atoms with Gasteiger partial charge in [0.2, 0.25) is 0 Å². The van der Waals surface area contributed by atoms with E-state index in [1.807, 2.05) is 13.0 Å². The van der Waals surface area contributed by atoms with Gasteiger partial charge in [0.15, 0.2) is 0 Å². The van der Waals surface area contributed by atoms with Crippen molar-refractivity contribution in [1.29, 1.82) is 0 Å². The molecule has 1 aromatic heterocycles. The summed E-state index contributed by atoms with van der Waals surface area (Å²) in [5, 5.41) is 0. The van der Waals surface area contributed by atoms with Crippen LogP contribution in [0.1, 0.15) is 48.3 Å². The standard InChI is InChI=1S/C15H19NO/c1-10(2)12-4-6-13(7-5-12)15(16)14-8-11(3)17-9-14/h4-10,15H,16H2,1-3H3. The molecule has 90 valence electrons. The normalized spacial score (nSPS) is 13.0. The first-order valence-electron chi connectivity index (χ1n) is 5.98. The van der Waals surface area contributed by atoms with E-state index in [2.05, 4.69) is 38.1 Å². The highest BCUT2D eigenvalue weighted by Crippen LogP contribution is 2.23. The molecule has 0 fully saturated rings. The number of rotatable bonds is 3. The van der Waals surface area contributed by atoms with E-state index in [9.17, 15) is 0 Å². The summed E-state index contributed by atoms with van der Waals surface area (Å²) in [6, 6.07) is 10.4. The maximum absolute atomic E-state index is 6.20. The molecule has 1 aromatic carbocycles. The van der Waals surface area contributed by atoms with Crippen LogP contribution in [0.4, 0.5) is 0 Å². The van der Waals surface area contributed by atoms with E-state index in [0.717, 1.165) is 16.9 Å². The summed E-state index contributed by atoms with van der Waals surface area (Å²) in [5.74, 6) is 1.45. The average molecular weight is 229 g/mol. The monoisotopic (exact) mass is 229 g/mol. The van der Waals surface area contributed by atoms with Crippen molar-refractivity contribution in [3.8, 4) is 0 Å². The molecule has 0 amide bonds. The van der Waals surface area contributed by atoms with E-state index in [4.69, 9.17) is 10.2 Å². The van der Waals surface area contributed by atoms with Crippen molar-refractivity contribution >= 4 is 0 Å². The van der Waals surface area contributed by atoms with Crippen LogP contribution in [0.3, 0.4) is 0 Å². The topological polar surface area (TPSA) is 39.2 Å². The predicted molar refractivity (Wildman–Crippen MR) is 70.0 cm³/mol. The van der Waals surface area contributed by atoms with Gasteiger partial charge in [-0.25, -0.2) is 0 Å². The minimum Gasteiger partial charge on any atom is -0.469 e. The Labute approximate surface area is 102 Å². The Morgan fingerprint density at radius 2 is 1.59 bits per heavy atom. The number of hydrogen-bond acceptors (Lipinski definition) is 2. The molecule has 2 nitrogen and oxygen atoms in total. The molecule has 1 atom stereocenters. The third-order valence-electron chi connectivity index (χ3n) is 3.07. The van der Waals surface area contributed by atoms with E-state index < -0.39 is 0 Å². The molecule has 2 heteroatoms. The first-order chi connectivity index (χ1) is 8.08. The highest BCUT2D eigenvalue weighted by atomic mass is 16.3. The molecule has 17 heavy (non-hydrogen) atoms. The lowest BCUT2D eigenvalue weighted by atomic mass is 9.97. The number of aryl methyl sites for hydroxylation is 1. The second kappa shape index (κ2) is 4.76. The zero-order valence-electron chi connectivity index (χ0n) is 10.6. The van der Waals surface area contributed by atoms with Gasteiger partial charge in [-0.2, -0.15) is 0 Å². The molecule has 1 heterocycles. The molecule has 2 N–H and O–H groups in total. The summed E-state index contributed by atoms with van der Waals surface area (Å²) in [7, 11) is 0. The minimum absolute atomic E-state index is 0.103. The Hall–Kier alpha value is -1.54. The van der Waals surface area contributed by atoms with Crippen LogP contribution in [0.2, 0.25) is 0 Å². The van der Waals surface area contributed by atoms with E-state index in [1.165, 1.54) is 5.56 Å². The highest BCUT2D eigenvalue weighted by Gasteiger charge is 2.11. The molecule has 0 saturated heterocycles. The maximum atomic E-state index is 6.20. The molecular weight excluding hydrogens is 210 g/mol. The van der Waals surface area contributed by atoms with E-state index >= 15 is 0 Å². The fourth-order valence-electron chi connectivity index (χ4n) is 1.91.